The molecular weight excluding hydrogens is 458 g/mol. The number of nitrogens with zero attached hydrogens (tertiary/aromatic N) is 1. The van der Waals surface area contributed by atoms with Gasteiger partial charge in [0.1, 0.15) is 11.3 Å². The largest absolute Gasteiger partial charge is 0.484 e. The molecule has 0 spiro atoms. The van der Waals surface area contributed by atoms with E-state index in [2.05, 4.69) is 10.6 Å². The van der Waals surface area contributed by atoms with E-state index in [9.17, 15) is 14.4 Å². The number of rotatable bonds is 7. The molecule has 0 aliphatic carbocycles. The minimum atomic E-state index is -0.371. The van der Waals surface area contributed by atoms with E-state index in [0.29, 0.717) is 33.7 Å². The summed E-state index contributed by atoms with van der Waals surface area (Å²) in [5.74, 6) is -0.206. The first-order valence-corrected chi connectivity index (χ1v) is 11.4. The number of hydrogen-bond donors (Lipinski definition) is 2. The van der Waals surface area contributed by atoms with Crippen LogP contribution in [0.2, 0.25) is 0 Å². The maximum atomic E-state index is 12.8. The lowest BCUT2D eigenvalue weighted by Gasteiger charge is -2.15. The SMILES string of the molecule is Cc1cc(NC(=O)COc2ccc3c(=O)ccoc3c2)cc(NC(=O)c2ccc(N(C)C)cc2)c1C. The Labute approximate surface area is 208 Å². The van der Waals surface area contributed by atoms with Crippen molar-refractivity contribution in [1.82, 2.24) is 0 Å². The number of aryl methyl sites for hydroxylation is 1. The third-order valence-corrected chi connectivity index (χ3v) is 5.85. The molecular formula is C28H27N3O5. The predicted octanol–water partition coefficient (Wildman–Crippen LogP) is 4.75. The molecule has 2 N–H and O–H groups in total. The highest BCUT2D eigenvalue weighted by Gasteiger charge is 2.13. The van der Waals surface area contributed by atoms with Gasteiger partial charge in [0.25, 0.3) is 11.8 Å². The summed E-state index contributed by atoms with van der Waals surface area (Å²) in [6.07, 6.45) is 1.32. The number of carbonyl (C=O) groups is 2. The standard InChI is InChI=1S/C28H27N3O5/c1-17-13-20(14-24(18(17)2)30-28(34)19-5-7-21(8-6-19)31(3)4)29-27(33)16-36-22-9-10-23-25(32)11-12-35-26(23)15-22/h5-15H,16H2,1-4H3,(H,29,33)(H,30,34). The van der Waals surface area contributed by atoms with Gasteiger partial charge in [-0.1, -0.05) is 0 Å². The van der Waals surface area contributed by atoms with Crippen LogP contribution in [0.5, 0.6) is 5.75 Å². The van der Waals surface area contributed by atoms with Gasteiger partial charge >= 0.3 is 0 Å². The zero-order valence-corrected chi connectivity index (χ0v) is 20.5. The van der Waals surface area contributed by atoms with E-state index in [1.165, 1.54) is 12.3 Å². The van der Waals surface area contributed by atoms with E-state index in [4.69, 9.17) is 9.15 Å². The van der Waals surface area contributed by atoms with Gasteiger partial charge in [-0.25, -0.2) is 0 Å². The van der Waals surface area contributed by atoms with Gasteiger partial charge in [-0.15, -0.1) is 0 Å². The van der Waals surface area contributed by atoms with Crippen LogP contribution in [0.1, 0.15) is 21.5 Å². The molecule has 2 amide bonds. The van der Waals surface area contributed by atoms with Crippen LogP contribution in [-0.4, -0.2) is 32.5 Å². The molecule has 1 aromatic heterocycles. The monoisotopic (exact) mass is 485 g/mol. The van der Waals surface area contributed by atoms with Gasteiger partial charge in [-0.05, 0) is 73.5 Å². The molecule has 3 aromatic carbocycles. The van der Waals surface area contributed by atoms with Crippen molar-refractivity contribution in [2.24, 2.45) is 0 Å². The van der Waals surface area contributed by atoms with Crippen LogP contribution in [0.4, 0.5) is 17.1 Å². The lowest BCUT2D eigenvalue weighted by molar-refractivity contribution is -0.118. The topological polar surface area (TPSA) is 101 Å². The second-order valence-electron chi connectivity index (χ2n) is 8.64. The number of amides is 2. The van der Waals surface area contributed by atoms with Crippen molar-refractivity contribution in [3.63, 3.8) is 0 Å². The van der Waals surface area contributed by atoms with Gasteiger partial charge in [0.15, 0.2) is 12.0 Å². The molecule has 1 heterocycles. The molecule has 8 nitrogen and oxygen atoms in total. The normalized spacial score (nSPS) is 10.7. The van der Waals surface area contributed by atoms with E-state index >= 15 is 0 Å². The van der Waals surface area contributed by atoms with Gasteiger partial charge in [-0.2, -0.15) is 0 Å². The molecule has 0 fully saturated rings. The first kappa shape index (κ1) is 24.5. The molecule has 0 unspecified atom stereocenters. The number of carbonyl (C=O) groups excluding carboxylic acids is 2. The quantitative estimate of drug-likeness (QED) is 0.392. The fourth-order valence-electron chi connectivity index (χ4n) is 3.67. The lowest BCUT2D eigenvalue weighted by atomic mass is 10.1. The van der Waals surface area contributed by atoms with E-state index in [-0.39, 0.29) is 23.9 Å². The molecule has 8 heteroatoms. The zero-order valence-electron chi connectivity index (χ0n) is 20.5. The van der Waals surface area contributed by atoms with E-state index in [0.717, 1.165) is 16.8 Å². The van der Waals surface area contributed by atoms with Crippen LogP contribution >= 0.6 is 0 Å². The van der Waals surface area contributed by atoms with Crippen molar-refractivity contribution >= 4 is 39.8 Å². The summed E-state index contributed by atoms with van der Waals surface area (Å²) in [6, 6.07) is 17.0. The highest BCUT2D eigenvalue weighted by molar-refractivity contribution is 6.05. The fraction of sp³-hybridized carbons (Fsp3) is 0.179. The van der Waals surface area contributed by atoms with Crippen molar-refractivity contribution in [1.29, 1.82) is 0 Å². The van der Waals surface area contributed by atoms with Crippen LogP contribution in [0.15, 0.2) is 76.1 Å². The first-order valence-electron chi connectivity index (χ1n) is 11.4. The maximum absolute atomic E-state index is 12.8. The van der Waals surface area contributed by atoms with E-state index < -0.39 is 0 Å². The second-order valence-corrected chi connectivity index (χ2v) is 8.64. The van der Waals surface area contributed by atoms with Crippen LogP contribution < -0.4 is 25.7 Å². The summed E-state index contributed by atoms with van der Waals surface area (Å²) in [5.41, 5.74) is 4.73. The van der Waals surface area contributed by atoms with Gasteiger partial charge < -0.3 is 24.7 Å². The molecule has 4 rings (SSSR count). The van der Waals surface area contributed by atoms with Gasteiger partial charge in [0, 0.05) is 48.9 Å². The Bertz CT molecular complexity index is 1490. The number of hydrogen-bond acceptors (Lipinski definition) is 6. The fourth-order valence-corrected chi connectivity index (χ4v) is 3.67. The molecule has 0 saturated heterocycles. The molecule has 184 valence electrons. The smallest absolute Gasteiger partial charge is 0.262 e. The van der Waals surface area contributed by atoms with Crippen molar-refractivity contribution in [3.8, 4) is 5.75 Å². The summed E-state index contributed by atoms with van der Waals surface area (Å²) in [7, 11) is 3.88. The molecule has 4 aromatic rings. The van der Waals surface area contributed by atoms with Gasteiger partial charge in [0.2, 0.25) is 0 Å². The Balaban J connectivity index is 1.42. The van der Waals surface area contributed by atoms with Gasteiger partial charge in [0.05, 0.1) is 11.6 Å². The summed E-state index contributed by atoms with van der Waals surface area (Å²) >= 11 is 0. The van der Waals surface area contributed by atoms with Crippen molar-refractivity contribution in [2.75, 3.05) is 36.2 Å². The number of ether oxygens (including phenoxy) is 1. The third kappa shape index (κ3) is 5.55. The number of fused-ring (bicyclic) bond motifs is 1. The van der Waals surface area contributed by atoms with Crippen LogP contribution in [0.25, 0.3) is 11.0 Å². The average Bonchev–Trinajstić information content (AvgIpc) is 2.86. The first-order chi connectivity index (χ1) is 17.2. The van der Waals surface area contributed by atoms with Crippen LogP contribution in [0.3, 0.4) is 0 Å². The summed E-state index contributed by atoms with van der Waals surface area (Å²) in [4.78, 5) is 39.1. The molecule has 0 saturated carbocycles. The van der Waals surface area contributed by atoms with E-state index in [1.54, 1.807) is 36.4 Å². The Hall–Kier alpha value is -4.59. The molecule has 0 radical (unpaired) electrons. The molecule has 0 aliphatic rings. The Morgan fingerprint density at radius 1 is 0.944 bits per heavy atom. The van der Waals surface area contributed by atoms with Crippen molar-refractivity contribution < 1.29 is 18.7 Å². The highest BCUT2D eigenvalue weighted by Crippen LogP contribution is 2.26. The van der Waals surface area contributed by atoms with Gasteiger partial charge in [-0.3, -0.25) is 14.4 Å². The average molecular weight is 486 g/mol. The summed E-state index contributed by atoms with van der Waals surface area (Å²) in [6.45, 7) is 3.58. The number of nitrogens with one attached hydrogen (secondary N) is 2. The molecule has 36 heavy (non-hydrogen) atoms. The Morgan fingerprint density at radius 2 is 1.69 bits per heavy atom. The Morgan fingerprint density at radius 3 is 2.42 bits per heavy atom. The molecule has 0 atom stereocenters. The number of anilines is 3. The number of benzene rings is 3. The van der Waals surface area contributed by atoms with Crippen LogP contribution in [-0.2, 0) is 4.79 Å². The zero-order chi connectivity index (χ0) is 25.8. The van der Waals surface area contributed by atoms with E-state index in [1.807, 2.05) is 51.0 Å². The lowest BCUT2D eigenvalue weighted by Crippen LogP contribution is -2.21. The highest BCUT2D eigenvalue weighted by atomic mass is 16.5. The van der Waals surface area contributed by atoms with Crippen LogP contribution in [0, 0.1) is 13.8 Å². The second kappa shape index (κ2) is 10.4. The Kier molecular flexibility index (Phi) is 7.05. The summed E-state index contributed by atoms with van der Waals surface area (Å²) < 4.78 is 10.9. The van der Waals surface area contributed by atoms with Crippen molar-refractivity contribution in [3.05, 3.63) is 93.8 Å². The maximum Gasteiger partial charge on any atom is 0.262 e. The minimum Gasteiger partial charge on any atom is -0.484 e. The minimum absolute atomic E-state index is 0.149. The molecule has 0 bridgehead atoms. The van der Waals surface area contributed by atoms with Crippen molar-refractivity contribution in [2.45, 2.75) is 13.8 Å². The predicted molar refractivity (Wildman–Crippen MR) is 141 cm³/mol. The molecule has 0 aliphatic heterocycles. The summed E-state index contributed by atoms with van der Waals surface area (Å²) in [5, 5.41) is 6.18. The third-order valence-electron chi connectivity index (χ3n) is 5.85.